The molecule has 3 rings (SSSR count). The van der Waals surface area contributed by atoms with Crippen LogP contribution in [0.15, 0.2) is 59.2 Å². The Kier molecular flexibility index (Phi) is 5.05. The number of nitrogens with one attached hydrogen (secondary N) is 2. The molecule has 122 valence electrons. The van der Waals surface area contributed by atoms with Crippen molar-refractivity contribution in [3.05, 3.63) is 76.1 Å². The van der Waals surface area contributed by atoms with E-state index in [0.29, 0.717) is 18.3 Å². The molecule has 6 heteroatoms. The molecule has 0 saturated heterocycles. The molecule has 0 saturated carbocycles. The van der Waals surface area contributed by atoms with Gasteiger partial charge in [0.2, 0.25) is 5.95 Å². The zero-order chi connectivity index (χ0) is 16.9. The fourth-order valence-corrected chi connectivity index (χ4v) is 2.68. The number of rotatable bonds is 5. The highest BCUT2D eigenvalue weighted by atomic mass is 79.9. The number of anilines is 3. The number of hydrogen-bond acceptors (Lipinski definition) is 4. The summed E-state index contributed by atoms with van der Waals surface area (Å²) in [6.07, 6.45) is 1.69. The Hall–Kier alpha value is -2.47. The third-order valence-corrected chi connectivity index (χ3v) is 3.96. The molecule has 1 aromatic heterocycles. The first-order valence-electron chi connectivity index (χ1n) is 7.45. The van der Waals surface area contributed by atoms with E-state index < -0.39 is 0 Å². The summed E-state index contributed by atoms with van der Waals surface area (Å²) in [7, 11) is 0. The van der Waals surface area contributed by atoms with Gasteiger partial charge < -0.3 is 10.6 Å². The van der Waals surface area contributed by atoms with Gasteiger partial charge in [-0.2, -0.15) is 4.98 Å². The molecule has 0 bridgehead atoms. The van der Waals surface area contributed by atoms with Gasteiger partial charge in [0.1, 0.15) is 11.6 Å². The molecule has 2 aromatic carbocycles. The van der Waals surface area contributed by atoms with E-state index in [1.165, 1.54) is 12.1 Å². The summed E-state index contributed by atoms with van der Waals surface area (Å²) in [5, 5.41) is 6.42. The fraction of sp³-hybridized carbons (Fsp3) is 0.111. The molecule has 2 N–H and O–H groups in total. The number of benzene rings is 2. The maximum atomic E-state index is 12.9. The van der Waals surface area contributed by atoms with Gasteiger partial charge in [-0.3, -0.25) is 0 Å². The van der Waals surface area contributed by atoms with Crippen LogP contribution in [0.4, 0.5) is 21.8 Å². The van der Waals surface area contributed by atoms with Crippen LogP contribution < -0.4 is 10.6 Å². The van der Waals surface area contributed by atoms with Crippen molar-refractivity contribution in [2.24, 2.45) is 0 Å². The third kappa shape index (κ3) is 4.29. The third-order valence-electron chi connectivity index (χ3n) is 3.47. The second kappa shape index (κ2) is 7.40. The number of halogens is 2. The van der Waals surface area contributed by atoms with Crippen molar-refractivity contribution >= 4 is 33.4 Å². The van der Waals surface area contributed by atoms with Crippen molar-refractivity contribution in [2.75, 3.05) is 10.6 Å². The first kappa shape index (κ1) is 16.4. The number of nitrogens with zero attached hydrogens (tertiary/aromatic N) is 2. The lowest BCUT2D eigenvalue weighted by atomic mass is 10.2. The Labute approximate surface area is 148 Å². The normalized spacial score (nSPS) is 10.5. The van der Waals surface area contributed by atoms with Gasteiger partial charge in [0.25, 0.3) is 0 Å². The summed E-state index contributed by atoms with van der Waals surface area (Å²) in [4.78, 5) is 8.65. The maximum Gasteiger partial charge on any atom is 0.224 e. The van der Waals surface area contributed by atoms with Gasteiger partial charge in [0.05, 0.1) is 0 Å². The van der Waals surface area contributed by atoms with E-state index in [2.05, 4.69) is 36.5 Å². The van der Waals surface area contributed by atoms with Crippen LogP contribution in [0.25, 0.3) is 0 Å². The molecule has 4 nitrogen and oxygen atoms in total. The van der Waals surface area contributed by atoms with Crippen molar-refractivity contribution < 1.29 is 4.39 Å². The Morgan fingerprint density at radius 3 is 2.62 bits per heavy atom. The highest BCUT2D eigenvalue weighted by Gasteiger charge is 2.03. The standard InChI is InChI=1S/C18H16BrFN4/c1-12-10-14(19)4-7-16(12)23-17-8-9-21-18(24-17)22-11-13-2-5-15(20)6-3-13/h2-10H,11H2,1H3,(H2,21,22,23,24). The summed E-state index contributed by atoms with van der Waals surface area (Å²) in [5.41, 5.74) is 3.06. The topological polar surface area (TPSA) is 49.8 Å². The lowest BCUT2D eigenvalue weighted by molar-refractivity contribution is 0.627. The van der Waals surface area contributed by atoms with Crippen LogP contribution >= 0.6 is 15.9 Å². The van der Waals surface area contributed by atoms with Gasteiger partial charge in [0, 0.05) is 22.9 Å². The predicted octanol–water partition coefficient (Wildman–Crippen LogP) is 5.04. The van der Waals surface area contributed by atoms with Crippen molar-refractivity contribution in [1.82, 2.24) is 9.97 Å². The van der Waals surface area contributed by atoms with Crippen LogP contribution in [-0.4, -0.2) is 9.97 Å². The molecular weight excluding hydrogens is 371 g/mol. The van der Waals surface area contributed by atoms with Crippen molar-refractivity contribution in [3.63, 3.8) is 0 Å². The smallest absolute Gasteiger partial charge is 0.224 e. The van der Waals surface area contributed by atoms with Crippen molar-refractivity contribution in [2.45, 2.75) is 13.5 Å². The Bertz CT molecular complexity index is 837. The highest BCUT2D eigenvalue weighted by Crippen LogP contribution is 2.23. The van der Waals surface area contributed by atoms with Gasteiger partial charge >= 0.3 is 0 Å². The van der Waals surface area contributed by atoms with E-state index in [1.54, 1.807) is 18.3 Å². The molecule has 0 aliphatic carbocycles. The lowest BCUT2D eigenvalue weighted by Crippen LogP contribution is -2.05. The number of aromatic nitrogens is 2. The van der Waals surface area contributed by atoms with Crippen molar-refractivity contribution in [3.8, 4) is 0 Å². The number of aryl methyl sites for hydroxylation is 1. The average molecular weight is 387 g/mol. The minimum atomic E-state index is -0.244. The summed E-state index contributed by atoms with van der Waals surface area (Å²) >= 11 is 3.45. The van der Waals surface area contributed by atoms with E-state index in [-0.39, 0.29) is 5.82 Å². The molecule has 0 aliphatic heterocycles. The molecular formula is C18H16BrFN4. The van der Waals surface area contributed by atoms with E-state index >= 15 is 0 Å². The molecule has 3 aromatic rings. The summed E-state index contributed by atoms with van der Waals surface area (Å²) < 4.78 is 13.9. The molecule has 0 fully saturated rings. The van der Waals surface area contributed by atoms with Crippen LogP contribution in [0.2, 0.25) is 0 Å². The highest BCUT2D eigenvalue weighted by molar-refractivity contribution is 9.10. The van der Waals surface area contributed by atoms with Crippen LogP contribution in [0.3, 0.4) is 0 Å². The minimum Gasteiger partial charge on any atom is -0.350 e. The molecule has 0 amide bonds. The zero-order valence-electron chi connectivity index (χ0n) is 13.1. The first-order valence-corrected chi connectivity index (χ1v) is 8.24. The average Bonchev–Trinajstić information content (AvgIpc) is 2.57. The lowest BCUT2D eigenvalue weighted by Gasteiger charge is -2.10. The molecule has 24 heavy (non-hydrogen) atoms. The molecule has 0 radical (unpaired) electrons. The quantitative estimate of drug-likeness (QED) is 0.644. The van der Waals surface area contributed by atoms with E-state index in [1.807, 2.05) is 31.2 Å². The molecule has 0 aliphatic rings. The predicted molar refractivity (Wildman–Crippen MR) is 97.9 cm³/mol. The molecule has 0 spiro atoms. The van der Waals surface area contributed by atoms with E-state index in [9.17, 15) is 4.39 Å². The fourth-order valence-electron chi connectivity index (χ4n) is 2.20. The molecule has 0 atom stereocenters. The van der Waals surface area contributed by atoms with E-state index in [0.717, 1.165) is 21.3 Å². The minimum absolute atomic E-state index is 0.244. The molecule has 0 unspecified atom stereocenters. The van der Waals surface area contributed by atoms with Crippen molar-refractivity contribution in [1.29, 1.82) is 0 Å². The van der Waals surface area contributed by atoms with Gasteiger partial charge in [-0.15, -0.1) is 0 Å². The Morgan fingerprint density at radius 1 is 1.08 bits per heavy atom. The second-order valence-electron chi connectivity index (χ2n) is 5.33. The maximum absolute atomic E-state index is 12.9. The Morgan fingerprint density at radius 2 is 1.88 bits per heavy atom. The summed E-state index contributed by atoms with van der Waals surface area (Å²) in [6, 6.07) is 14.2. The van der Waals surface area contributed by atoms with Gasteiger partial charge in [0.15, 0.2) is 0 Å². The first-order chi connectivity index (χ1) is 11.6. The second-order valence-corrected chi connectivity index (χ2v) is 6.25. The van der Waals surface area contributed by atoms with Crippen LogP contribution in [-0.2, 0) is 6.54 Å². The van der Waals surface area contributed by atoms with Crippen LogP contribution in [0.1, 0.15) is 11.1 Å². The van der Waals surface area contributed by atoms with Gasteiger partial charge in [-0.05, 0) is 54.4 Å². The summed E-state index contributed by atoms with van der Waals surface area (Å²) in [6.45, 7) is 2.56. The SMILES string of the molecule is Cc1cc(Br)ccc1Nc1ccnc(NCc2ccc(F)cc2)n1. The largest absolute Gasteiger partial charge is 0.350 e. The van der Waals surface area contributed by atoms with Crippen LogP contribution in [0.5, 0.6) is 0 Å². The van der Waals surface area contributed by atoms with Gasteiger partial charge in [-0.25, -0.2) is 9.37 Å². The van der Waals surface area contributed by atoms with Gasteiger partial charge in [-0.1, -0.05) is 28.1 Å². The monoisotopic (exact) mass is 386 g/mol. The number of hydrogen-bond donors (Lipinski definition) is 2. The molecule has 1 heterocycles. The van der Waals surface area contributed by atoms with E-state index in [4.69, 9.17) is 0 Å². The Balaban J connectivity index is 1.68. The zero-order valence-corrected chi connectivity index (χ0v) is 14.6. The van der Waals surface area contributed by atoms with Crippen LogP contribution in [0, 0.1) is 12.7 Å². The summed E-state index contributed by atoms with van der Waals surface area (Å²) in [5.74, 6) is 0.974.